The van der Waals surface area contributed by atoms with Crippen LogP contribution in [0, 0.1) is 23.2 Å². The van der Waals surface area contributed by atoms with E-state index in [1.165, 1.54) is 12.8 Å². The van der Waals surface area contributed by atoms with Crippen molar-refractivity contribution in [3.63, 3.8) is 0 Å². The van der Waals surface area contributed by atoms with E-state index >= 15 is 0 Å². The van der Waals surface area contributed by atoms with Crippen LogP contribution >= 0.6 is 0 Å². The van der Waals surface area contributed by atoms with Gasteiger partial charge >= 0.3 is 0 Å². The van der Waals surface area contributed by atoms with Gasteiger partial charge in [0.2, 0.25) is 0 Å². The van der Waals surface area contributed by atoms with Gasteiger partial charge in [0.1, 0.15) is 0 Å². The Kier molecular flexibility index (Phi) is 1.76. The van der Waals surface area contributed by atoms with Gasteiger partial charge in [-0.05, 0) is 43.1 Å². The number of nitrogens with one attached hydrogen (secondary N) is 1. The molecule has 4 unspecified atom stereocenters. The first-order valence-electron chi connectivity index (χ1n) is 5.29. The molecule has 0 radical (unpaired) electrons. The van der Waals surface area contributed by atoms with Crippen LogP contribution in [0.15, 0.2) is 0 Å². The molecule has 1 N–H and O–H groups in total. The molecule has 2 fully saturated rings. The second-order valence-corrected chi connectivity index (χ2v) is 5.16. The summed E-state index contributed by atoms with van der Waals surface area (Å²) in [5, 5.41) is 3.45. The monoisotopic (exact) mass is 167 g/mol. The summed E-state index contributed by atoms with van der Waals surface area (Å²) >= 11 is 0. The van der Waals surface area contributed by atoms with E-state index in [0.717, 1.165) is 29.2 Å². The molecule has 4 atom stereocenters. The van der Waals surface area contributed by atoms with Crippen molar-refractivity contribution in [2.75, 3.05) is 7.05 Å². The molecule has 1 heteroatoms. The van der Waals surface area contributed by atoms with Crippen molar-refractivity contribution < 1.29 is 0 Å². The molecule has 12 heavy (non-hydrogen) atoms. The lowest BCUT2D eigenvalue weighted by molar-refractivity contribution is 0.325. The van der Waals surface area contributed by atoms with Crippen molar-refractivity contribution in [3.05, 3.63) is 0 Å². The summed E-state index contributed by atoms with van der Waals surface area (Å²) in [4.78, 5) is 0. The Hall–Kier alpha value is -0.0400. The van der Waals surface area contributed by atoms with Crippen molar-refractivity contribution >= 4 is 0 Å². The number of hydrogen-bond acceptors (Lipinski definition) is 1. The second-order valence-electron chi connectivity index (χ2n) is 5.16. The zero-order valence-electron chi connectivity index (χ0n) is 8.72. The summed E-state index contributed by atoms with van der Waals surface area (Å²) in [6, 6.07) is 0.797. The molecule has 0 aromatic carbocycles. The Bertz CT molecular complexity index is 187. The van der Waals surface area contributed by atoms with Crippen LogP contribution in [0.4, 0.5) is 0 Å². The third kappa shape index (κ3) is 0.891. The SMILES string of the molecule is CNC1CC2(C(C)C)CC2C1C. The van der Waals surface area contributed by atoms with Crippen LogP contribution in [-0.4, -0.2) is 13.1 Å². The summed E-state index contributed by atoms with van der Waals surface area (Å²) in [5.74, 6) is 2.84. The number of hydrogen-bond donors (Lipinski definition) is 1. The van der Waals surface area contributed by atoms with Crippen molar-refractivity contribution in [1.82, 2.24) is 5.32 Å². The first kappa shape index (κ1) is 8.55. The molecule has 2 rings (SSSR count). The quantitative estimate of drug-likeness (QED) is 0.665. The minimum atomic E-state index is 0.743. The average molecular weight is 167 g/mol. The smallest absolute Gasteiger partial charge is 0.00980 e. The summed E-state index contributed by atoms with van der Waals surface area (Å²) in [5.41, 5.74) is 0.743. The predicted molar refractivity (Wildman–Crippen MR) is 52.0 cm³/mol. The third-order valence-electron chi connectivity index (χ3n) is 4.57. The molecule has 2 aliphatic carbocycles. The van der Waals surface area contributed by atoms with E-state index in [9.17, 15) is 0 Å². The van der Waals surface area contributed by atoms with Gasteiger partial charge in [-0.15, -0.1) is 0 Å². The van der Waals surface area contributed by atoms with E-state index < -0.39 is 0 Å². The van der Waals surface area contributed by atoms with Crippen molar-refractivity contribution in [2.45, 2.75) is 39.7 Å². The van der Waals surface area contributed by atoms with E-state index in [4.69, 9.17) is 0 Å². The van der Waals surface area contributed by atoms with Crippen LogP contribution in [0.3, 0.4) is 0 Å². The Morgan fingerprint density at radius 2 is 2.00 bits per heavy atom. The highest BCUT2D eigenvalue weighted by Crippen LogP contribution is 2.69. The highest BCUT2D eigenvalue weighted by Gasteiger charge is 2.64. The van der Waals surface area contributed by atoms with Gasteiger partial charge in [-0.2, -0.15) is 0 Å². The number of rotatable bonds is 2. The predicted octanol–water partition coefficient (Wildman–Crippen LogP) is 2.28. The Labute approximate surface area is 75.9 Å². The molecule has 0 heterocycles. The summed E-state index contributed by atoms with van der Waals surface area (Å²) in [6.45, 7) is 7.21. The first-order chi connectivity index (χ1) is 5.62. The molecule has 2 saturated carbocycles. The van der Waals surface area contributed by atoms with Crippen LogP contribution in [-0.2, 0) is 0 Å². The maximum absolute atomic E-state index is 3.45. The van der Waals surface area contributed by atoms with Gasteiger partial charge in [0, 0.05) is 6.04 Å². The van der Waals surface area contributed by atoms with E-state index in [2.05, 4.69) is 33.1 Å². The maximum atomic E-state index is 3.45. The number of fused-ring (bicyclic) bond motifs is 1. The molecular weight excluding hydrogens is 146 g/mol. The Morgan fingerprint density at radius 1 is 1.33 bits per heavy atom. The molecule has 0 bridgehead atoms. The molecule has 0 amide bonds. The zero-order chi connectivity index (χ0) is 8.93. The van der Waals surface area contributed by atoms with Gasteiger partial charge in [-0.1, -0.05) is 20.8 Å². The first-order valence-corrected chi connectivity index (χ1v) is 5.29. The molecule has 1 nitrogen and oxygen atoms in total. The second kappa shape index (κ2) is 2.47. The van der Waals surface area contributed by atoms with E-state index in [-0.39, 0.29) is 0 Å². The Balaban J connectivity index is 2.09. The molecule has 2 aliphatic rings. The van der Waals surface area contributed by atoms with E-state index in [1.54, 1.807) is 0 Å². The van der Waals surface area contributed by atoms with E-state index in [0.29, 0.717) is 0 Å². The summed E-state index contributed by atoms with van der Waals surface area (Å²) in [6.07, 6.45) is 2.93. The van der Waals surface area contributed by atoms with Gasteiger partial charge in [0.25, 0.3) is 0 Å². The topological polar surface area (TPSA) is 12.0 Å². The van der Waals surface area contributed by atoms with Gasteiger partial charge in [-0.25, -0.2) is 0 Å². The van der Waals surface area contributed by atoms with Crippen LogP contribution in [0.1, 0.15) is 33.6 Å². The van der Waals surface area contributed by atoms with Gasteiger partial charge in [-0.3, -0.25) is 0 Å². The fourth-order valence-electron chi connectivity index (χ4n) is 3.43. The van der Waals surface area contributed by atoms with Crippen molar-refractivity contribution in [1.29, 1.82) is 0 Å². The molecule has 0 aromatic rings. The van der Waals surface area contributed by atoms with Crippen molar-refractivity contribution in [3.8, 4) is 0 Å². The average Bonchev–Trinajstić information content (AvgIpc) is 2.69. The molecule has 0 aliphatic heterocycles. The highest BCUT2D eigenvalue weighted by atomic mass is 14.9. The van der Waals surface area contributed by atoms with Gasteiger partial charge in [0.15, 0.2) is 0 Å². The maximum Gasteiger partial charge on any atom is 0.00980 e. The standard InChI is InChI=1S/C11H21N/c1-7(2)11-5-9(11)8(3)10(6-11)12-4/h7-10,12H,5-6H2,1-4H3. The minimum Gasteiger partial charge on any atom is -0.317 e. The van der Waals surface area contributed by atoms with E-state index in [1.807, 2.05) is 0 Å². The fraction of sp³-hybridized carbons (Fsp3) is 1.00. The lowest BCUT2D eigenvalue weighted by Crippen LogP contribution is -2.30. The molecule has 0 aromatic heterocycles. The summed E-state index contributed by atoms with van der Waals surface area (Å²) < 4.78 is 0. The minimum absolute atomic E-state index is 0.743. The molecule has 70 valence electrons. The normalized spacial score (nSPS) is 51.2. The largest absolute Gasteiger partial charge is 0.317 e. The van der Waals surface area contributed by atoms with Crippen LogP contribution < -0.4 is 5.32 Å². The molecule has 0 spiro atoms. The zero-order valence-corrected chi connectivity index (χ0v) is 8.72. The fourth-order valence-corrected chi connectivity index (χ4v) is 3.43. The lowest BCUT2D eigenvalue weighted by atomic mass is 9.89. The lowest BCUT2D eigenvalue weighted by Gasteiger charge is -2.20. The van der Waals surface area contributed by atoms with Crippen LogP contribution in [0.25, 0.3) is 0 Å². The van der Waals surface area contributed by atoms with Crippen LogP contribution in [0.5, 0.6) is 0 Å². The summed E-state index contributed by atoms with van der Waals surface area (Å²) in [7, 11) is 2.11. The van der Waals surface area contributed by atoms with Gasteiger partial charge < -0.3 is 5.32 Å². The van der Waals surface area contributed by atoms with Gasteiger partial charge in [0.05, 0.1) is 0 Å². The Morgan fingerprint density at radius 3 is 2.33 bits per heavy atom. The molecular formula is C11H21N. The van der Waals surface area contributed by atoms with Crippen molar-refractivity contribution in [2.24, 2.45) is 23.2 Å². The third-order valence-corrected chi connectivity index (χ3v) is 4.57. The highest BCUT2D eigenvalue weighted by molar-refractivity contribution is 5.14. The van der Waals surface area contributed by atoms with Crippen LogP contribution in [0.2, 0.25) is 0 Å². The molecule has 0 saturated heterocycles.